The van der Waals surface area contributed by atoms with Crippen LogP contribution in [0.1, 0.15) is 31.4 Å². The number of amides is 1. The molecule has 0 radical (unpaired) electrons. The van der Waals surface area contributed by atoms with Crippen LogP contribution in [0.3, 0.4) is 0 Å². The minimum atomic E-state index is -0.494. The van der Waals surface area contributed by atoms with Crippen molar-refractivity contribution in [2.24, 2.45) is 11.7 Å². The fourth-order valence-electron chi connectivity index (χ4n) is 2.72. The van der Waals surface area contributed by atoms with Crippen molar-refractivity contribution >= 4 is 5.91 Å². The molecule has 2 rings (SSSR count). The molecule has 4 heteroatoms. The third-order valence-electron chi connectivity index (χ3n) is 4.11. The highest BCUT2D eigenvalue weighted by molar-refractivity contribution is 5.76. The van der Waals surface area contributed by atoms with E-state index in [1.807, 2.05) is 37.3 Å². The lowest BCUT2D eigenvalue weighted by atomic mass is 9.93. The third kappa shape index (κ3) is 3.33. The molecule has 0 aromatic heterocycles. The van der Waals surface area contributed by atoms with E-state index in [2.05, 4.69) is 4.90 Å². The number of nitrogens with two attached hydrogens (primary N) is 1. The monoisotopic (exact) mass is 262 g/mol. The molecule has 2 atom stereocenters. The van der Waals surface area contributed by atoms with Gasteiger partial charge >= 0.3 is 0 Å². The van der Waals surface area contributed by atoms with E-state index >= 15 is 0 Å². The Morgan fingerprint density at radius 1 is 1.32 bits per heavy atom. The molecule has 1 amide bonds. The van der Waals surface area contributed by atoms with Gasteiger partial charge in [-0.25, -0.2) is 0 Å². The van der Waals surface area contributed by atoms with Crippen LogP contribution in [0.25, 0.3) is 0 Å². The smallest absolute Gasteiger partial charge is 0.220 e. The second-order valence-electron chi connectivity index (χ2n) is 5.31. The number of benzene rings is 1. The quantitative estimate of drug-likeness (QED) is 0.859. The molecule has 1 saturated heterocycles. The molecular weight excluding hydrogens is 240 g/mol. The third-order valence-corrected chi connectivity index (χ3v) is 4.11. The first kappa shape index (κ1) is 14.0. The number of carbonyl (C=O) groups is 1. The minimum absolute atomic E-state index is 0.00248. The second-order valence-corrected chi connectivity index (χ2v) is 5.31. The molecule has 1 fully saturated rings. The molecule has 1 aliphatic heterocycles. The van der Waals surface area contributed by atoms with Crippen molar-refractivity contribution in [3.05, 3.63) is 35.9 Å². The number of aliphatic hydroxyl groups excluding tert-OH is 1. The van der Waals surface area contributed by atoms with Gasteiger partial charge in [-0.05, 0) is 38.4 Å². The Balaban J connectivity index is 1.94. The Labute approximate surface area is 114 Å². The Bertz CT molecular complexity index is 413. The summed E-state index contributed by atoms with van der Waals surface area (Å²) < 4.78 is 0. The summed E-state index contributed by atoms with van der Waals surface area (Å²) in [6.45, 7) is 3.67. The van der Waals surface area contributed by atoms with E-state index in [-0.39, 0.29) is 17.9 Å². The second kappa shape index (κ2) is 6.17. The number of primary amides is 1. The lowest BCUT2D eigenvalue weighted by molar-refractivity contribution is -0.123. The van der Waals surface area contributed by atoms with E-state index in [0.29, 0.717) is 0 Å². The molecule has 1 aromatic carbocycles. The van der Waals surface area contributed by atoms with Crippen molar-refractivity contribution in [2.75, 3.05) is 13.1 Å². The van der Waals surface area contributed by atoms with Gasteiger partial charge in [-0.1, -0.05) is 30.3 Å². The summed E-state index contributed by atoms with van der Waals surface area (Å²) in [6.07, 6.45) is 1.09. The first-order valence-electron chi connectivity index (χ1n) is 6.86. The van der Waals surface area contributed by atoms with Gasteiger partial charge in [0.1, 0.15) is 0 Å². The number of aliphatic hydroxyl groups is 1. The molecule has 0 spiro atoms. The predicted molar refractivity (Wildman–Crippen MR) is 74.4 cm³/mol. The van der Waals surface area contributed by atoms with Crippen LogP contribution in [0.2, 0.25) is 0 Å². The SMILES string of the molecule is CC(C(O)c1ccccc1)N1CCC(C(N)=O)CC1. The van der Waals surface area contributed by atoms with Crippen molar-refractivity contribution in [3.63, 3.8) is 0 Å². The first-order chi connectivity index (χ1) is 9.09. The number of carbonyl (C=O) groups excluding carboxylic acids is 1. The number of hydrogen-bond donors (Lipinski definition) is 2. The molecule has 3 N–H and O–H groups in total. The van der Waals surface area contributed by atoms with Crippen LogP contribution < -0.4 is 5.73 Å². The molecule has 104 valence electrons. The van der Waals surface area contributed by atoms with Gasteiger partial charge in [0.25, 0.3) is 0 Å². The Hall–Kier alpha value is -1.39. The highest BCUT2D eigenvalue weighted by Crippen LogP contribution is 2.25. The van der Waals surface area contributed by atoms with Crippen LogP contribution in [0.15, 0.2) is 30.3 Å². The number of likely N-dealkylation sites (tertiary alicyclic amines) is 1. The summed E-state index contributed by atoms with van der Waals surface area (Å²) in [5, 5.41) is 10.4. The zero-order valence-electron chi connectivity index (χ0n) is 11.3. The van der Waals surface area contributed by atoms with Crippen LogP contribution in [-0.2, 0) is 4.79 Å². The van der Waals surface area contributed by atoms with Gasteiger partial charge in [0.05, 0.1) is 6.10 Å². The molecule has 1 aromatic rings. The molecule has 19 heavy (non-hydrogen) atoms. The topological polar surface area (TPSA) is 66.6 Å². The van der Waals surface area contributed by atoms with E-state index < -0.39 is 6.10 Å². The number of piperidine rings is 1. The van der Waals surface area contributed by atoms with E-state index in [4.69, 9.17) is 5.73 Å². The number of nitrogens with zero attached hydrogens (tertiary/aromatic N) is 1. The highest BCUT2D eigenvalue weighted by atomic mass is 16.3. The normalized spacial score (nSPS) is 20.9. The van der Waals surface area contributed by atoms with Gasteiger partial charge in [0.15, 0.2) is 0 Å². The maximum Gasteiger partial charge on any atom is 0.220 e. The summed E-state index contributed by atoms with van der Waals surface area (Å²) in [7, 11) is 0. The van der Waals surface area contributed by atoms with Crippen molar-refractivity contribution in [1.82, 2.24) is 4.90 Å². The van der Waals surface area contributed by atoms with E-state index in [1.165, 1.54) is 0 Å². The minimum Gasteiger partial charge on any atom is -0.387 e. The van der Waals surface area contributed by atoms with Gasteiger partial charge in [0.2, 0.25) is 5.91 Å². The van der Waals surface area contributed by atoms with E-state index in [1.54, 1.807) is 0 Å². The summed E-state index contributed by atoms with van der Waals surface area (Å²) in [6, 6.07) is 9.75. The lowest BCUT2D eigenvalue weighted by Crippen LogP contribution is -2.45. The van der Waals surface area contributed by atoms with Crippen molar-refractivity contribution in [1.29, 1.82) is 0 Å². The van der Waals surface area contributed by atoms with Gasteiger partial charge in [0, 0.05) is 12.0 Å². The van der Waals surface area contributed by atoms with Crippen molar-refractivity contribution < 1.29 is 9.90 Å². The van der Waals surface area contributed by atoms with Crippen LogP contribution >= 0.6 is 0 Å². The molecule has 1 heterocycles. The maximum absolute atomic E-state index is 11.1. The Morgan fingerprint density at radius 3 is 2.42 bits per heavy atom. The van der Waals surface area contributed by atoms with E-state index in [9.17, 15) is 9.90 Å². The van der Waals surface area contributed by atoms with Crippen LogP contribution in [-0.4, -0.2) is 35.0 Å². The number of hydrogen-bond acceptors (Lipinski definition) is 3. The average molecular weight is 262 g/mol. The molecule has 1 aliphatic rings. The molecule has 0 aliphatic carbocycles. The molecular formula is C15H22N2O2. The van der Waals surface area contributed by atoms with Crippen LogP contribution in [0.4, 0.5) is 0 Å². The summed E-state index contributed by atoms with van der Waals surface area (Å²) in [5.41, 5.74) is 6.27. The van der Waals surface area contributed by atoms with Crippen LogP contribution in [0, 0.1) is 5.92 Å². The van der Waals surface area contributed by atoms with Crippen molar-refractivity contribution in [3.8, 4) is 0 Å². The predicted octanol–water partition coefficient (Wildman–Crippen LogP) is 1.31. The summed E-state index contributed by atoms with van der Waals surface area (Å²) >= 11 is 0. The van der Waals surface area contributed by atoms with Crippen LogP contribution in [0.5, 0.6) is 0 Å². The van der Waals surface area contributed by atoms with Crippen molar-refractivity contribution in [2.45, 2.75) is 31.9 Å². The molecule has 0 bridgehead atoms. The summed E-state index contributed by atoms with van der Waals surface area (Å²) in [4.78, 5) is 13.4. The first-order valence-corrected chi connectivity index (χ1v) is 6.86. The maximum atomic E-state index is 11.1. The van der Waals surface area contributed by atoms with E-state index in [0.717, 1.165) is 31.5 Å². The van der Waals surface area contributed by atoms with Gasteiger partial charge in [-0.15, -0.1) is 0 Å². The zero-order valence-corrected chi connectivity index (χ0v) is 11.3. The standard InChI is InChI=1S/C15H22N2O2/c1-11(14(18)12-5-3-2-4-6-12)17-9-7-13(8-10-17)15(16)19/h2-6,11,13-14,18H,7-10H2,1H3,(H2,16,19). The lowest BCUT2D eigenvalue weighted by Gasteiger charge is -2.37. The van der Waals surface area contributed by atoms with Gasteiger partial charge < -0.3 is 10.8 Å². The highest BCUT2D eigenvalue weighted by Gasteiger charge is 2.29. The zero-order chi connectivity index (χ0) is 13.8. The van der Waals surface area contributed by atoms with Gasteiger partial charge in [-0.2, -0.15) is 0 Å². The summed E-state index contributed by atoms with van der Waals surface area (Å²) in [5.74, 6) is -0.201. The molecule has 4 nitrogen and oxygen atoms in total. The van der Waals surface area contributed by atoms with Gasteiger partial charge in [-0.3, -0.25) is 9.69 Å². The largest absolute Gasteiger partial charge is 0.387 e. The fraction of sp³-hybridized carbons (Fsp3) is 0.533. The average Bonchev–Trinajstić information content (AvgIpc) is 2.46. The fourth-order valence-corrected chi connectivity index (χ4v) is 2.72. The Morgan fingerprint density at radius 2 is 1.89 bits per heavy atom. The molecule has 0 saturated carbocycles. The number of rotatable bonds is 4. The Kier molecular flexibility index (Phi) is 4.56. The molecule has 2 unspecified atom stereocenters.